The largest absolute Gasteiger partial charge is 0.353 e. The highest BCUT2D eigenvalue weighted by atomic mass is 16.1. The highest BCUT2D eigenvalue weighted by Crippen LogP contribution is 2.07. The van der Waals surface area contributed by atoms with Gasteiger partial charge in [-0.3, -0.25) is 9.89 Å². The molecule has 1 amide bonds. The molecule has 3 N–H and O–H groups in total. The van der Waals surface area contributed by atoms with Gasteiger partial charge in [-0.2, -0.15) is 5.10 Å². The number of hydrogen-bond acceptors (Lipinski definition) is 3. The van der Waals surface area contributed by atoms with Crippen LogP contribution in [-0.4, -0.2) is 28.7 Å². The minimum absolute atomic E-state index is 0.0220. The number of carbonyl (C=O) groups is 1. The van der Waals surface area contributed by atoms with E-state index in [1.54, 1.807) is 0 Å². The fourth-order valence-corrected chi connectivity index (χ4v) is 1.51. The summed E-state index contributed by atoms with van der Waals surface area (Å²) in [6.07, 6.45) is 0. The van der Waals surface area contributed by atoms with Gasteiger partial charge in [0.25, 0.3) is 0 Å². The van der Waals surface area contributed by atoms with E-state index in [-0.39, 0.29) is 11.9 Å². The predicted octanol–water partition coefficient (Wildman–Crippen LogP) is 0.641. The first-order valence-electron chi connectivity index (χ1n) is 5.51. The van der Waals surface area contributed by atoms with Gasteiger partial charge in [-0.1, -0.05) is 0 Å². The van der Waals surface area contributed by atoms with Crippen molar-refractivity contribution in [3.05, 3.63) is 17.0 Å². The molecule has 90 valence electrons. The van der Waals surface area contributed by atoms with Crippen LogP contribution in [0, 0.1) is 13.8 Å². The van der Waals surface area contributed by atoms with Crippen molar-refractivity contribution in [2.24, 2.45) is 0 Å². The molecule has 0 saturated carbocycles. The maximum atomic E-state index is 11.4. The lowest BCUT2D eigenvalue weighted by molar-refractivity contribution is -0.120. The van der Waals surface area contributed by atoms with Gasteiger partial charge in [-0.25, -0.2) is 0 Å². The topological polar surface area (TPSA) is 69.8 Å². The van der Waals surface area contributed by atoms with E-state index in [2.05, 4.69) is 20.8 Å². The van der Waals surface area contributed by atoms with Crippen molar-refractivity contribution in [2.45, 2.75) is 40.3 Å². The average Bonchev–Trinajstić information content (AvgIpc) is 2.47. The van der Waals surface area contributed by atoms with E-state index in [0.717, 1.165) is 17.0 Å². The lowest BCUT2D eigenvalue weighted by atomic mass is 10.2. The predicted molar refractivity (Wildman–Crippen MR) is 63.0 cm³/mol. The second-order valence-corrected chi connectivity index (χ2v) is 4.24. The second kappa shape index (κ2) is 5.65. The third-order valence-electron chi connectivity index (χ3n) is 2.32. The van der Waals surface area contributed by atoms with E-state index >= 15 is 0 Å². The first-order chi connectivity index (χ1) is 7.50. The molecule has 0 spiro atoms. The molecular formula is C11H20N4O. The molecule has 5 nitrogen and oxygen atoms in total. The van der Waals surface area contributed by atoms with Crippen LogP contribution in [0.3, 0.4) is 0 Å². The molecule has 1 aromatic rings. The van der Waals surface area contributed by atoms with Gasteiger partial charge in [0.05, 0.1) is 12.2 Å². The molecule has 1 rings (SSSR count). The molecule has 5 heteroatoms. The van der Waals surface area contributed by atoms with Gasteiger partial charge in [-0.05, 0) is 27.7 Å². The third kappa shape index (κ3) is 3.66. The molecule has 0 saturated heterocycles. The Morgan fingerprint density at radius 3 is 2.62 bits per heavy atom. The van der Waals surface area contributed by atoms with E-state index in [1.165, 1.54) is 0 Å². The lowest BCUT2D eigenvalue weighted by Gasteiger charge is -2.09. The Balaban J connectivity index is 2.33. The first kappa shape index (κ1) is 12.7. The molecule has 1 heterocycles. The molecule has 0 atom stereocenters. The monoisotopic (exact) mass is 224 g/mol. The zero-order chi connectivity index (χ0) is 12.1. The number of aromatic nitrogens is 2. The van der Waals surface area contributed by atoms with Crippen LogP contribution < -0.4 is 10.6 Å². The average molecular weight is 224 g/mol. The number of hydrogen-bond donors (Lipinski definition) is 3. The number of carbonyl (C=O) groups excluding carboxylic acids is 1. The Labute approximate surface area is 96.0 Å². The summed E-state index contributed by atoms with van der Waals surface area (Å²) < 4.78 is 0. The summed E-state index contributed by atoms with van der Waals surface area (Å²) in [5.41, 5.74) is 3.17. The molecule has 0 aromatic carbocycles. The van der Waals surface area contributed by atoms with Gasteiger partial charge in [-0.15, -0.1) is 0 Å². The molecule has 0 fully saturated rings. The van der Waals surface area contributed by atoms with Crippen molar-refractivity contribution in [3.8, 4) is 0 Å². The number of amides is 1. The summed E-state index contributed by atoms with van der Waals surface area (Å²) in [7, 11) is 0. The van der Waals surface area contributed by atoms with E-state index in [1.807, 2.05) is 27.7 Å². The SMILES string of the molecule is Cc1n[nH]c(C)c1CNCC(=O)NC(C)C. The van der Waals surface area contributed by atoms with E-state index < -0.39 is 0 Å². The fraction of sp³-hybridized carbons (Fsp3) is 0.636. The van der Waals surface area contributed by atoms with Crippen LogP contribution >= 0.6 is 0 Å². The molecule has 0 aliphatic rings. The minimum Gasteiger partial charge on any atom is -0.353 e. The highest BCUT2D eigenvalue weighted by molar-refractivity contribution is 5.78. The van der Waals surface area contributed by atoms with Crippen LogP contribution in [0.25, 0.3) is 0 Å². The molecule has 0 unspecified atom stereocenters. The summed E-state index contributed by atoms with van der Waals surface area (Å²) in [6, 6.07) is 0.187. The van der Waals surface area contributed by atoms with E-state index in [0.29, 0.717) is 13.1 Å². The minimum atomic E-state index is 0.0220. The van der Waals surface area contributed by atoms with Gasteiger partial charge >= 0.3 is 0 Å². The van der Waals surface area contributed by atoms with Gasteiger partial charge < -0.3 is 10.6 Å². The van der Waals surface area contributed by atoms with Gasteiger partial charge in [0.2, 0.25) is 5.91 Å². The van der Waals surface area contributed by atoms with Crippen LogP contribution in [0.5, 0.6) is 0 Å². The Hall–Kier alpha value is -1.36. The fourth-order valence-electron chi connectivity index (χ4n) is 1.51. The first-order valence-corrected chi connectivity index (χ1v) is 5.51. The quantitative estimate of drug-likeness (QED) is 0.687. The molecule has 0 aliphatic carbocycles. The van der Waals surface area contributed by atoms with Crippen LogP contribution in [0.15, 0.2) is 0 Å². The van der Waals surface area contributed by atoms with Crippen molar-refractivity contribution in [1.29, 1.82) is 0 Å². The Kier molecular flexibility index (Phi) is 4.49. The van der Waals surface area contributed by atoms with Gasteiger partial charge in [0.1, 0.15) is 0 Å². The van der Waals surface area contributed by atoms with Crippen LogP contribution in [-0.2, 0) is 11.3 Å². The maximum absolute atomic E-state index is 11.4. The van der Waals surface area contributed by atoms with E-state index in [4.69, 9.17) is 0 Å². The van der Waals surface area contributed by atoms with Crippen LogP contribution in [0.2, 0.25) is 0 Å². The van der Waals surface area contributed by atoms with Crippen molar-refractivity contribution in [3.63, 3.8) is 0 Å². The zero-order valence-electron chi connectivity index (χ0n) is 10.3. The zero-order valence-corrected chi connectivity index (χ0v) is 10.3. The smallest absolute Gasteiger partial charge is 0.234 e. The number of aryl methyl sites for hydroxylation is 2. The third-order valence-corrected chi connectivity index (χ3v) is 2.32. The number of aromatic amines is 1. The number of rotatable bonds is 5. The Morgan fingerprint density at radius 1 is 1.44 bits per heavy atom. The summed E-state index contributed by atoms with van der Waals surface area (Å²) in [4.78, 5) is 11.4. The molecule has 0 bridgehead atoms. The molecule has 1 aromatic heterocycles. The number of nitrogens with zero attached hydrogens (tertiary/aromatic N) is 1. The van der Waals surface area contributed by atoms with Gasteiger partial charge in [0, 0.05) is 23.8 Å². The molecule has 16 heavy (non-hydrogen) atoms. The lowest BCUT2D eigenvalue weighted by Crippen LogP contribution is -2.37. The second-order valence-electron chi connectivity index (χ2n) is 4.24. The normalized spacial score (nSPS) is 10.8. The van der Waals surface area contributed by atoms with Gasteiger partial charge in [0.15, 0.2) is 0 Å². The Bertz CT molecular complexity index is 337. The summed E-state index contributed by atoms with van der Waals surface area (Å²) in [6.45, 7) is 8.83. The maximum Gasteiger partial charge on any atom is 0.234 e. The highest BCUT2D eigenvalue weighted by Gasteiger charge is 2.07. The summed E-state index contributed by atoms with van der Waals surface area (Å²) in [5.74, 6) is 0.0220. The molecule has 0 radical (unpaired) electrons. The molecule has 0 aliphatic heterocycles. The van der Waals surface area contributed by atoms with Crippen LogP contribution in [0.1, 0.15) is 30.8 Å². The summed E-state index contributed by atoms with van der Waals surface area (Å²) >= 11 is 0. The number of nitrogens with one attached hydrogen (secondary N) is 3. The van der Waals surface area contributed by atoms with Crippen molar-refractivity contribution in [2.75, 3.05) is 6.54 Å². The molecular weight excluding hydrogens is 204 g/mol. The van der Waals surface area contributed by atoms with Crippen molar-refractivity contribution >= 4 is 5.91 Å². The standard InChI is InChI=1S/C11H20N4O/c1-7(2)13-11(16)6-12-5-10-8(3)14-15-9(10)4/h7,12H,5-6H2,1-4H3,(H,13,16)(H,14,15). The number of H-pyrrole nitrogens is 1. The van der Waals surface area contributed by atoms with Crippen LogP contribution in [0.4, 0.5) is 0 Å². The Morgan fingerprint density at radius 2 is 2.12 bits per heavy atom. The van der Waals surface area contributed by atoms with E-state index in [9.17, 15) is 4.79 Å². The van der Waals surface area contributed by atoms with Crippen molar-refractivity contribution in [1.82, 2.24) is 20.8 Å². The van der Waals surface area contributed by atoms with Crippen molar-refractivity contribution < 1.29 is 4.79 Å². The summed E-state index contributed by atoms with van der Waals surface area (Å²) in [5, 5.41) is 12.9.